The van der Waals surface area contributed by atoms with Crippen LogP contribution in [0.25, 0.3) is 23.1 Å². The molecular formula is C14H15NO. The van der Waals surface area contributed by atoms with E-state index in [1.165, 1.54) is 0 Å². The van der Waals surface area contributed by atoms with Gasteiger partial charge in [-0.2, -0.15) is 0 Å². The van der Waals surface area contributed by atoms with Gasteiger partial charge in [-0.05, 0) is 30.7 Å². The van der Waals surface area contributed by atoms with Crippen LogP contribution in [-0.2, 0) is 6.54 Å². The van der Waals surface area contributed by atoms with Gasteiger partial charge in [-0.15, -0.1) is 0 Å². The molecule has 1 aromatic heterocycles. The number of nitrogens with two attached hydrogens (primary N) is 1. The highest BCUT2D eigenvalue weighted by Crippen LogP contribution is 2.28. The van der Waals surface area contributed by atoms with E-state index < -0.39 is 0 Å². The molecular weight excluding hydrogens is 198 g/mol. The summed E-state index contributed by atoms with van der Waals surface area (Å²) in [6.45, 7) is 6.29. The minimum atomic E-state index is 0.541. The van der Waals surface area contributed by atoms with Crippen LogP contribution >= 0.6 is 0 Å². The van der Waals surface area contributed by atoms with E-state index in [2.05, 4.69) is 12.6 Å². The van der Waals surface area contributed by atoms with E-state index in [1.807, 2.05) is 31.2 Å². The zero-order valence-electron chi connectivity index (χ0n) is 9.36. The van der Waals surface area contributed by atoms with Crippen LogP contribution in [0.15, 0.2) is 35.3 Å². The number of benzene rings is 1. The summed E-state index contributed by atoms with van der Waals surface area (Å²) in [6, 6.07) is 6.01. The minimum Gasteiger partial charge on any atom is -0.456 e. The molecule has 1 aromatic carbocycles. The first-order valence-electron chi connectivity index (χ1n) is 5.30. The molecule has 2 N–H and O–H groups in total. The second kappa shape index (κ2) is 4.37. The van der Waals surface area contributed by atoms with E-state index >= 15 is 0 Å². The molecule has 0 unspecified atom stereocenters. The summed E-state index contributed by atoms with van der Waals surface area (Å²) in [7, 11) is 0. The summed E-state index contributed by atoms with van der Waals surface area (Å²) < 4.78 is 5.69. The second-order valence-corrected chi connectivity index (χ2v) is 3.62. The molecule has 0 saturated heterocycles. The Hall–Kier alpha value is -1.80. The third kappa shape index (κ3) is 1.68. The first kappa shape index (κ1) is 10.7. The van der Waals surface area contributed by atoms with Crippen LogP contribution in [0, 0.1) is 0 Å². The highest BCUT2D eigenvalue weighted by Gasteiger charge is 2.09. The smallest absolute Gasteiger partial charge is 0.135 e. The number of allylic oxidation sites excluding steroid dienone is 1. The molecule has 2 rings (SSSR count). The topological polar surface area (TPSA) is 39.2 Å². The predicted molar refractivity (Wildman–Crippen MR) is 68.9 cm³/mol. The van der Waals surface area contributed by atoms with E-state index in [9.17, 15) is 0 Å². The maximum atomic E-state index is 5.69. The predicted octanol–water partition coefficient (Wildman–Crippen LogP) is 3.57. The van der Waals surface area contributed by atoms with Crippen molar-refractivity contribution in [2.45, 2.75) is 13.5 Å². The van der Waals surface area contributed by atoms with Crippen LogP contribution in [0.5, 0.6) is 0 Å². The van der Waals surface area contributed by atoms with Crippen molar-refractivity contribution >= 4 is 23.1 Å². The fourth-order valence-electron chi connectivity index (χ4n) is 1.80. The van der Waals surface area contributed by atoms with Gasteiger partial charge in [-0.25, -0.2) is 0 Å². The van der Waals surface area contributed by atoms with Crippen LogP contribution in [-0.4, -0.2) is 0 Å². The minimum absolute atomic E-state index is 0.541. The number of hydrogen-bond donors (Lipinski definition) is 1. The molecule has 0 saturated carbocycles. The van der Waals surface area contributed by atoms with Crippen LogP contribution < -0.4 is 5.73 Å². The van der Waals surface area contributed by atoms with Crippen molar-refractivity contribution in [3.63, 3.8) is 0 Å². The Morgan fingerprint density at radius 3 is 2.88 bits per heavy atom. The lowest BCUT2D eigenvalue weighted by Crippen LogP contribution is -1.94. The summed E-state index contributed by atoms with van der Waals surface area (Å²) in [5, 5.41) is 1.09. The Kier molecular flexibility index (Phi) is 2.93. The van der Waals surface area contributed by atoms with Gasteiger partial charge < -0.3 is 10.2 Å². The number of fused-ring (bicyclic) bond motifs is 1. The van der Waals surface area contributed by atoms with E-state index in [4.69, 9.17) is 10.2 Å². The molecule has 0 spiro atoms. The molecule has 2 heteroatoms. The SMILES string of the molecule is C=Cc1oc2ccc(CN)cc2c1/C=C\C. The lowest BCUT2D eigenvalue weighted by molar-refractivity contribution is 0.603. The normalized spacial score (nSPS) is 11.4. The molecule has 2 nitrogen and oxygen atoms in total. The van der Waals surface area contributed by atoms with Gasteiger partial charge in [0.1, 0.15) is 11.3 Å². The standard InChI is InChI=1S/C14H15NO/c1-3-5-11-12-8-10(9-15)6-7-14(12)16-13(11)4-2/h3-8H,2,9,15H2,1H3/b5-3-. The van der Waals surface area contributed by atoms with Crippen molar-refractivity contribution < 1.29 is 4.42 Å². The molecule has 0 aliphatic carbocycles. The zero-order valence-corrected chi connectivity index (χ0v) is 9.36. The average molecular weight is 213 g/mol. The molecule has 0 aliphatic heterocycles. The molecule has 0 aliphatic rings. The highest BCUT2D eigenvalue weighted by atomic mass is 16.3. The second-order valence-electron chi connectivity index (χ2n) is 3.62. The van der Waals surface area contributed by atoms with Gasteiger partial charge in [0, 0.05) is 17.5 Å². The Balaban J connectivity index is 2.75. The van der Waals surface area contributed by atoms with Crippen LogP contribution in [0.3, 0.4) is 0 Å². The van der Waals surface area contributed by atoms with Gasteiger partial charge >= 0.3 is 0 Å². The van der Waals surface area contributed by atoms with Crippen molar-refractivity contribution in [3.8, 4) is 0 Å². The quantitative estimate of drug-likeness (QED) is 0.846. The van der Waals surface area contributed by atoms with E-state index in [-0.39, 0.29) is 0 Å². The summed E-state index contributed by atoms with van der Waals surface area (Å²) in [4.78, 5) is 0. The van der Waals surface area contributed by atoms with Gasteiger partial charge in [0.25, 0.3) is 0 Å². The van der Waals surface area contributed by atoms with Crippen molar-refractivity contribution in [2.24, 2.45) is 5.73 Å². The van der Waals surface area contributed by atoms with Crippen LogP contribution in [0.4, 0.5) is 0 Å². The average Bonchev–Trinajstić information content (AvgIpc) is 2.67. The lowest BCUT2D eigenvalue weighted by Gasteiger charge is -1.96. The Labute approximate surface area is 95.1 Å². The van der Waals surface area contributed by atoms with Gasteiger partial charge in [-0.3, -0.25) is 0 Å². The van der Waals surface area contributed by atoms with Crippen molar-refractivity contribution in [1.82, 2.24) is 0 Å². The zero-order chi connectivity index (χ0) is 11.5. The van der Waals surface area contributed by atoms with Crippen LogP contribution in [0.2, 0.25) is 0 Å². The molecule has 0 radical (unpaired) electrons. The van der Waals surface area contributed by atoms with Gasteiger partial charge in [0.05, 0.1) is 0 Å². The molecule has 0 atom stereocenters. The number of furan rings is 1. The summed E-state index contributed by atoms with van der Waals surface area (Å²) in [5.41, 5.74) is 8.69. The highest BCUT2D eigenvalue weighted by molar-refractivity contribution is 5.91. The van der Waals surface area contributed by atoms with Gasteiger partial charge in [-0.1, -0.05) is 24.8 Å². The number of hydrogen-bond acceptors (Lipinski definition) is 2. The maximum Gasteiger partial charge on any atom is 0.135 e. The third-order valence-electron chi connectivity index (χ3n) is 2.57. The van der Waals surface area contributed by atoms with Gasteiger partial charge in [0.15, 0.2) is 0 Å². The molecule has 0 fully saturated rings. The molecule has 2 aromatic rings. The lowest BCUT2D eigenvalue weighted by atomic mass is 10.1. The van der Waals surface area contributed by atoms with E-state index in [1.54, 1.807) is 6.08 Å². The molecule has 16 heavy (non-hydrogen) atoms. The van der Waals surface area contributed by atoms with Crippen LogP contribution in [0.1, 0.15) is 23.8 Å². The Bertz CT molecular complexity index is 549. The first-order valence-corrected chi connectivity index (χ1v) is 5.30. The maximum absolute atomic E-state index is 5.69. The molecule has 0 amide bonds. The largest absolute Gasteiger partial charge is 0.456 e. The summed E-state index contributed by atoms with van der Waals surface area (Å²) in [6.07, 6.45) is 5.76. The number of rotatable bonds is 3. The molecule has 0 bridgehead atoms. The Morgan fingerprint density at radius 1 is 1.44 bits per heavy atom. The van der Waals surface area contributed by atoms with Crippen molar-refractivity contribution in [2.75, 3.05) is 0 Å². The summed E-state index contributed by atoms with van der Waals surface area (Å²) in [5.74, 6) is 0.808. The van der Waals surface area contributed by atoms with Crippen molar-refractivity contribution in [1.29, 1.82) is 0 Å². The monoisotopic (exact) mass is 213 g/mol. The van der Waals surface area contributed by atoms with Gasteiger partial charge in [0.2, 0.25) is 0 Å². The summed E-state index contributed by atoms with van der Waals surface area (Å²) >= 11 is 0. The van der Waals surface area contributed by atoms with Crippen molar-refractivity contribution in [3.05, 3.63) is 47.7 Å². The fraction of sp³-hybridized carbons (Fsp3) is 0.143. The first-order chi connectivity index (χ1) is 7.80. The Morgan fingerprint density at radius 2 is 2.25 bits per heavy atom. The third-order valence-corrected chi connectivity index (χ3v) is 2.57. The molecule has 1 heterocycles. The molecule has 82 valence electrons. The van der Waals surface area contributed by atoms with E-state index in [0.717, 1.165) is 27.9 Å². The fourth-order valence-corrected chi connectivity index (χ4v) is 1.80. The van der Waals surface area contributed by atoms with E-state index in [0.29, 0.717) is 6.54 Å².